The second-order valence-electron chi connectivity index (χ2n) is 8.57. The fraction of sp³-hybridized carbons (Fsp3) is 0.296. The molecular formula is C27H29N5O4S. The van der Waals surface area contributed by atoms with E-state index in [0.717, 1.165) is 34.1 Å². The number of hydrogen-bond acceptors (Lipinski definition) is 8. The van der Waals surface area contributed by atoms with Crippen molar-refractivity contribution in [3.05, 3.63) is 81.7 Å². The molecule has 0 unspecified atom stereocenters. The van der Waals surface area contributed by atoms with Crippen LogP contribution in [0.15, 0.2) is 54.6 Å². The van der Waals surface area contributed by atoms with Crippen LogP contribution in [0, 0.1) is 18.3 Å². The van der Waals surface area contributed by atoms with Crippen LogP contribution < -0.4 is 16.2 Å². The van der Waals surface area contributed by atoms with Crippen molar-refractivity contribution in [2.24, 2.45) is 5.84 Å². The molecule has 0 radical (unpaired) electrons. The van der Waals surface area contributed by atoms with Gasteiger partial charge in [0.05, 0.1) is 24.5 Å². The van der Waals surface area contributed by atoms with Gasteiger partial charge in [-0.1, -0.05) is 30.3 Å². The number of nitrogens with two attached hydrogens (primary N) is 1. The first-order valence-corrected chi connectivity index (χ1v) is 12.8. The highest BCUT2D eigenvalue weighted by Crippen LogP contribution is 2.34. The Morgan fingerprint density at radius 2 is 1.86 bits per heavy atom. The maximum absolute atomic E-state index is 12.7. The van der Waals surface area contributed by atoms with E-state index < -0.39 is 6.09 Å². The minimum Gasteiger partial charge on any atom is -0.448 e. The summed E-state index contributed by atoms with van der Waals surface area (Å²) in [5.74, 6) is 5.69. The summed E-state index contributed by atoms with van der Waals surface area (Å²) in [6.07, 6.45) is -0.0245. The Kier molecular flexibility index (Phi) is 8.87. The van der Waals surface area contributed by atoms with Crippen LogP contribution in [0.4, 0.5) is 15.5 Å². The number of nitrogens with one attached hydrogen (secondary N) is 1. The molecule has 37 heavy (non-hydrogen) atoms. The molecule has 0 aliphatic carbocycles. The number of para-hydroxylation sites is 1. The molecule has 1 aliphatic heterocycles. The van der Waals surface area contributed by atoms with Crippen LogP contribution in [0.5, 0.6) is 0 Å². The van der Waals surface area contributed by atoms with Crippen molar-refractivity contribution in [1.29, 1.82) is 5.26 Å². The first kappa shape index (κ1) is 26.3. The lowest BCUT2D eigenvalue weighted by Crippen LogP contribution is -2.38. The molecule has 1 saturated heterocycles. The summed E-state index contributed by atoms with van der Waals surface area (Å²) in [7, 11) is 0. The first-order chi connectivity index (χ1) is 18.0. The van der Waals surface area contributed by atoms with Gasteiger partial charge in [-0.2, -0.15) is 5.26 Å². The summed E-state index contributed by atoms with van der Waals surface area (Å²) in [5, 5.41) is 14.0. The maximum Gasteiger partial charge on any atom is 0.412 e. The summed E-state index contributed by atoms with van der Waals surface area (Å²) < 4.78 is 10.6. The van der Waals surface area contributed by atoms with Crippen molar-refractivity contribution in [3.8, 4) is 6.07 Å². The number of carbonyl (C=O) groups excluding carboxylic acids is 2. The number of nitriles is 1. The highest BCUT2D eigenvalue weighted by molar-refractivity contribution is 7.16. The number of carbonyl (C=O) groups is 2. The van der Waals surface area contributed by atoms with E-state index in [1.54, 1.807) is 24.3 Å². The smallest absolute Gasteiger partial charge is 0.412 e. The lowest BCUT2D eigenvalue weighted by Gasteiger charge is -2.26. The fourth-order valence-corrected chi connectivity index (χ4v) is 5.14. The van der Waals surface area contributed by atoms with Gasteiger partial charge in [0.2, 0.25) is 0 Å². The Labute approximate surface area is 220 Å². The molecule has 4 rings (SSSR count). The lowest BCUT2D eigenvalue weighted by molar-refractivity contribution is 0.0290. The SMILES string of the molecule is Cc1c(Cc2ccc(C(=O)N(N)c3ccccc3)cc2)sc(NC(=O)OCCN2CCOCC2)c1C#N. The Morgan fingerprint density at radius 1 is 1.16 bits per heavy atom. The van der Waals surface area contributed by atoms with Crippen molar-refractivity contribution in [1.82, 2.24) is 4.90 Å². The number of nitrogens with zero attached hydrogens (tertiary/aromatic N) is 3. The second-order valence-corrected chi connectivity index (χ2v) is 9.67. The maximum atomic E-state index is 12.7. The molecule has 1 aliphatic rings. The molecule has 3 N–H and O–H groups in total. The zero-order valence-electron chi connectivity index (χ0n) is 20.6. The topological polar surface area (TPSA) is 121 Å². The Balaban J connectivity index is 1.36. The van der Waals surface area contributed by atoms with Gasteiger partial charge in [-0.3, -0.25) is 15.0 Å². The fourth-order valence-electron chi connectivity index (χ4n) is 3.97. The van der Waals surface area contributed by atoms with Crippen LogP contribution in [0.25, 0.3) is 0 Å². The van der Waals surface area contributed by atoms with Gasteiger partial charge >= 0.3 is 6.09 Å². The number of hydrogen-bond donors (Lipinski definition) is 2. The molecule has 2 heterocycles. The molecule has 2 aromatic carbocycles. The van der Waals surface area contributed by atoms with Gasteiger partial charge in [0.1, 0.15) is 17.7 Å². The zero-order chi connectivity index (χ0) is 26.2. The van der Waals surface area contributed by atoms with Gasteiger partial charge in [0.15, 0.2) is 0 Å². The quantitative estimate of drug-likeness (QED) is 0.263. The van der Waals surface area contributed by atoms with E-state index in [1.165, 1.54) is 11.3 Å². The normalized spacial score (nSPS) is 13.5. The summed E-state index contributed by atoms with van der Waals surface area (Å²) in [5.41, 5.74) is 3.28. The lowest BCUT2D eigenvalue weighted by atomic mass is 10.0. The minimum atomic E-state index is -0.579. The molecule has 2 amide bonds. The standard InChI is InChI=1S/C27H29N5O4S/c1-19-23(18-28)25(30-27(34)36-16-13-31-11-14-35-15-12-31)37-24(19)17-20-7-9-21(10-8-20)26(33)32(29)22-5-3-2-4-6-22/h2-10H,11-17,29H2,1H3,(H,30,34). The Morgan fingerprint density at radius 3 is 2.54 bits per heavy atom. The average Bonchev–Trinajstić information content (AvgIpc) is 3.22. The minimum absolute atomic E-state index is 0.264. The summed E-state index contributed by atoms with van der Waals surface area (Å²) in [6, 6.07) is 18.4. The summed E-state index contributed by atoms with van der Waals surface area (Å²) in [6.45, 7) is 5.79. The van der Waals surface area contributed by atoms with E-state index >= 15 is 0 Å². The van der Waals surface area contributed by atoms with Crippen LogP contribution in [0.1, 0.15) is 31.9 Å². The van der Waals surface area contributed by atoms with Crippen molar-refractivity contribution in [2.75, 3.05) is 49.8 Å². The van der Waals surface area contributed by atoms with Gasteiger partial charge in [0.25, 0.3) is 5.91 Å². The largest absolute Gasteiger partial charge is 0.448 e. The predicted octanol–water partition coefficient (Wildman–Crippen LogP) is 3.92. The van der Waals surface area contributed by atoms with Crippen molar-refractivity contribution >= 4 is 34.0 Å². The molecule has 1 aromatic heterocycles. The van der Waals surface area contributed by atoms with E-state index in [1.807, 2.05) is 37.3 Å². The molecule has 0 spiro atoms. The highest BCUT2D eigenvalue weighted by atomic mass is 32.1. The Bertz CT molecular complexity index is 1260. The van der Waals surface area contributed by atoms with Crippen LogP contribution in [0.2, 0.25) is 0 Å². The van der Waals surface area contributed by atoms with Gasteiger partial charge in [0, 0.05) is 36.5 Å². The number of anilines is 2. The van der Waals surface area contributed by atoms with E-state index in [4.69, 9.17) is 15.3 Å². The van der Waals surface area contributed by atoms with Gasteiger partial charge in [-0.25, -0.2) is 15.6 Å². The van der Waals surface area contributed by atoms with Crippen LogP contribution in [0.3, 0.4) is 0 Å². The molecule has 10 heteroatoms. The van der Waals surface area contributed by atoms with Gasteiger partial charge in [-0.05, 0) is 42.3 Å². The molecule has 0 saturated carbocycles. The van der Waals surface area contributed by atoms with Crippen molar-refractivity contribution in [2.45, 2.75) is 13.3 Å². The second kappa shape index (κ2) is 12.5. The third-order valence-corrected chi connectivity index (χ3v) is 7.34. The third-order valence-electron chi connectivity index (χ3n) is 6.14. The van der Waals surface area contributed by atoms with Gasteiger partial charge < -0.3 is 9.47 Å². The Hall–Kier alpha value is -3.75. The molecule has 0 atom stereocenters. The van der Waals surface area contributed by atoms with Crippen LogP contribution in [-0.4, -0.2) is 56.4 Å². The number of amides is 2. The first-order valence-electron chi connectivity index (χ1n) is 12.0. The monoisotopic (exact) mass is 519 g/mol. The number of rotatable bonds is 8. The number of morpholine rings is 1. The van der Waals surface area contributed by atoms with Crippen molar-refractivity contribution < 1.29 is 19.1 Å². The molecule has 3 aromatic rings. The number of ether oxygens (including phenoxy) is 2. The molecular weight excluding hydrogens is 490 g/mol. The molecule has 1 fully saturated rings. The van der Waals surface area contributed by atoms with Gasteiger partial charge in [-0.15, -0.1) is 11.3 Å². The predicted molar refractivity (Wildman–Crippen MR) is 143 cm³/mol. The van der Waals surface area contributed by atoms with Crippen molar-refractivity contribution in [3.63, 3.8) is 0 Å². The van der Waals surface area contributed by atoms with E-state index in [9.17, 15) is 14.9 Å². The summed E-state index contributed by atoms with van der Waals surface area (Å²) >= 11 is 1.35. The number of hydrazine groups is 1. The molecule has 0 bridgehead atoms. The zero-order valence-corrected chi connectivity index (χ0v) is 21.4. The third kappa shape index (κ3) is 6.72. The van der Waals surface area contributed by atoms with Crippen LogP contribution >= 0.6 is 11.3 Å². The number of thiophene rings is 1. The van der Waals surface area contributed by atoms with E-state index in [2.05, 4.69) is 16.3 Å². The molecule has 192 valence electrons. The average molecular weight is 520 g/mol. The van der Waals surface area contributed by atoms with E-state index in [0.29, 0.717) is 48.0 Å². The number of benzene rings is 2. The highest BCUT2D eigenvalue weighted by Gasteiger charge is 2.19. The summed E-state index contributed by atoms with van der Waals surface area (Å²) in [4.78, 5) is 28.2. The van der Waals surface area contributed by atoms with E-state index in [-0.39, 0.29) is 12.5 Å². The van der Waals surface area contributed by atoms with Crippen LogP contribution in [-0.2, 0) is 15.9 Å². The molecule has 9 nitrogen and oxygen atoms in total.